The van der Waals surface area contributed by atoms with Crippen molar-refractivity contribution in [2.45, 2.75) is 64.0 Å². The van der Waals surface area contributed by atoms with E-state index in [0.29, 0.717) is 0 Å². The summed E-state index contributed by atoms with van der Waals surface area (Å²) in [5.74, 6) is 0.934. The Hall–Kier alpha value is -1.53. The molecule has 0 aromatic heterocycles. The maximum Gasteiger partial charge on any atom is 0.119 e. The predicted molar refractivity (Wildman–Crippen MR) is 85.3 cm³/mol. The summed E-state index contributed by atoms with van der Waals surface area (Å²) in [7, 11) is 0. The Balaban J connectivity index is 2.01. The van der Waals surface area contributed by atoms with Crippen LogP contribution < -0.4 is 10.1 Å². The van der Waals surface area contributed by atoms with Crippen molar-refractivity contribution < 1.29 is 4.74 Å². The molecule has 0 radical (unpaired) electrons. The molecule has 0 bridgehead atoms. The zero-order chi connectivity index (χ0) is 15.1. The van der Waals surface area contributed by atoms with E-state index in [4.69, 9.17) is 4.74 Å². The molecular weight excluding hydrogens is 260 g/mol. The zero-order valence-corrected chi connectivity index (χ0v) is 13.2. The van der Waals surface area contributed by atoms with Crippen molar-refractivity contribution in [2.24, 2.45) is 0 Å². The van der Waals surface area contributed by atoms with Crippen LogP contribution in [0.2, 0.25) is 0 Å². The van der Waals surface area contributed by atoms with Crippen LogP contribution in [0.4, 0.5) is 0 Å². The van der Waals surface area contributed by atoms with Crippen LogP contribution in [0.3, 0.4) is 0 Å². The Bertz CT molecular complexity index is 494. The van der Waals surface area contributed by atoms with Crippen LogP contribution in [0.5, 0.6) is 5.75 Å². The molecule has 2 rings (SSSR count). The first-order valence-corrected chi connectivity index (χ1v) is 8.13. The molecule has 21 heavy (non-hydrogen) atoms. The van der Waals surface area contributed by atoms with Gasteiger partial charge in [-0.2, -0.15) is 5.26 Å². The minimum absolute atomic E-state index is 0.134. The van der Waals surface area contributed by atoms with E-state index in [2.05, 4.69) is 37.4 Å². The quantitative estimate of drug-likeness (QED) is 0.864. The monoisotopic (exact) mass is 286 g/mol. The van der Waals surface area contributed by atoms with Gasteiger partial charge in [-0.1, -0.05) is 26.0 Å². The maximum absolute atomic E-state index is 9.57. The van der Waals surface area contributed by atoms with Gasteiger partial charge in [0.2, 0.25) is 0 Å². The lowest BCUT2D eigenvalue weighted by Gasteiger charge is -2.36. The van der Waals surface area contributed by atoms with Crippen molar-refractivity contribution >= 4 is 0 Å². The van der Waals surface area contributed by atoms with Crippen molar-refractivity contribution in [2.75, 3.05) is 6.54 Å². The van der Waals surface area contributed by atoms with Gasteiger partial charge >= 0.3 is 0 Å². The van der Waals surface area contributed by atoms with Gasteiger partial charge in [0.25, 0.3) is 0 Å². The molecule has 1 aliphatic rings. The number of nitriles is 1. The highest BCUT2D eigenvalue weighted by atomic mass is 16.5. The number of rotatable bonds is 6. The van der Waals surface area contributed by atoms with Gasteiger partial charge in [-0.25, -0.2) is 0 Å². The topological polar surface area (TPSA) is 45.0 Å². The molecule has 0 spiro atoms. The summed E-state index contributed by atoms with van der Waals surface area (Å²) < 4.78 is 6.14. The van der Waals surface area contributed by atoms with Crippen molar-refractivity contribution in [3.8, 4) is 11.8 Å². The second-order valence-electron chi connectivity index (χ2n) is 5.96. The fourth-order valence-corrected chi connectivity index (χ4v) is 3.02. The van der Waals surface area contributed by atoms with Crippen molar-refractivity contribution in [1.29, 1.82) is 5.26 Å². The molecule has 2 atom stereocenters. The number of nitrogens with zero attached hydrogens (tertiary/aromatic N) is 1. The van der Waals surface area contributed by atoms with Crippen LogP contribution >= 0.6 is 0 Å². The smallest absolute Gasteiger partial charge is 0.119 e. The number of aryl methyl sites for hydroxylation is 1. The Kier molecular flexibility index (Phi) is 5.64. The minimum Gasteiger partial charge on any atom is -0.490 e. The summed E-state index contributed by atoms with van der Waals surface area (Å²) in [5, 5.41) is 13.0. The average Bonchev–Trinajstić information content (AvgIpc) is 2.53. The van der Waals surface area contributed by atoms with Crippen molar-refractivity contribution in [3.63, 3.8) is 0 Å². The third-order valence-corrected chi connectivity index (χ3v) is 4.24. The first-order chi connectivity index (χ1) is 10.2. The molecule has 0 amide bonds. The van der Waals surface area contributed by atoms with E-state index < -0.39 is 5.54 Å². The third kappa shape index (κ3) is 4.22. The lowest BCUT2D eigenvalue weighted by molar-refractivity contribution is 0.112. The fraction of sp³-hybridized carbons (Fsp3) is 0.611. The molecule has 3 nitrogen and oxygen atoms in total. The van der Waals surface area contributed by atoms with Crippen LogP contribution in [-0.2, 0) is 6.42 Å². The summed E-state index contributed by atoms with van der Waals surface area (Å²) in [4.78, 5) is 0. The maximum atomic E-state index is 9.57. The molecule has 0 aliphatic heterocycles. The second kappa shape index (κ2) is 7.47. The Morgan fingerprint density at radius 1 is 1.43 bits per heavy atom. The molecule has 1 saturated carbocycles. The van der Waals surface area contributed by atoms with Crippen LogP contribution in [-0.4, -0.2) is 18.2 Å². The highest BCUT2D eigenvalue weighted by Crippen LogP contribution is 2.31. The second-order valence-corrected chi connectivity index (χ2v) is 5.96. The van der Waals surface area contributed by atoms with E-state index in [1.165, 1.54) is 5.56 Å². The predicted octanol–water partition coefficient (Wildman–Crippen LogP) is 3.83. The van der Waals surface area contributed by atoms with Gasteiger partial charge < -0.3 is 4.74 Å². The van der Waals surface area contributed by atoms with Crippen LogP contribution in [0.25, 0.3) is 0 Å². The molecule has 114 valence electrons. The number of nitrogens with one attached hydrogen (secondary N) is 1. The molecule has 2 unspecified atom stereocenters. The van der Waals surface area contributed by atoms with E-state index in [1.807, 2.05) is 12.1 Å². The molecule has 0 heterocycles. The lowest BCUT2D eigenvalue weighted by Crippen LogP contribution is -2.50. The molecule has 0 saturated heterocycles. The first kappa shape index (κ1) is 15.9. The van der Waals surface area contributed by atoms with Crippen LogP contribution in [0.1, 0.15) is 51.5 Å². The summed E-state index contributed by atoms with van der Waals surface area (Å²) in [5.41, 5.74) is 0.889. The molecule has 3 heteroatoms. The first-order valence-electron chi connectivity index (χ1n) is 8.13. The SMILES string of the molecule is CCCNC1(C#N)CCCC(Oc2cccc(CC)c2)C1. The molecule has 1 N–H and O–H groups in total. The van der Waals surface area contributed by atoms with Gasteiger partial charge in [0.05, 0.1) is 6.07 Å². The van der Waals surface area contributed by atoms with Crippen molar-refractivity contribution in [3.05, 3.63) is 29.8 Å². The van der Waals surface area contributed by atoms with E-state index in [1.54, 1.807) is 0 Å². The highest BCUT2D eigenvalue weighted by Gasteiger charge is 2.37. The number of hydrogen-bond donors (Lipinski definition) is 1. The Labute approximate surface area is 128 Å². The zero-order valence-electron chi connectivity index (χ0n) is 13.2. The van der Waals surface area contributed by atoms with Crippen LogP contribution in [0, 0.1) is 11.3 Å². The fourth-order valence-electron chi connectivity index (χ4n) is 3.02. The normalized spacial score (nSPS) is 25.3. The van der Waals surface area contributed by atoms with E-state index in [0.717, 1.165) is 50.8 Å². The molecular formula is C18H26N2O. The van der Waals surface area contributed by atoms with Gasteiger partial charge in [0, 0.05) is 6.42 Å². The summed E-state index contributed by atoms with van der Waals surface area (Å²) in [6.45, 7) is 5.17. The third-order valence-electron chi connectivity index (χ3n) is 4.24. The molecule has 1 aromatic carbocycles. The van der Waals surface area contributed by atoms with Gasteiger partial charge in [0.15, 0.2) is 0 Å². The van der Waals surface area contributed by atoms with Gasteiger partial charge in [-0.15, -0.1) is 0 Å². The van der Waals surface area contributed by atoms with Gasteiger partial charge in [0.1, 0.15) is 17.4 Å². The molecule has 1 aromatic rings. The summed E-state index contributed by atoms with van der Waals surface area (Å²) in [6.07, 6.45) is 5.99. The highest BCUT2D eigenvalue weighted by molar-refractivity contribution is 5.29. The average molecular weight is 286 g/mol. The summed E-state index contributed by atoms with van der Waals surface area (Å²) >= 11 is 0. The van der Waals surface area contributed by atoms with Gasteiger partial charge in [-0.05, 0) is 56.3 Å². The minimum atomic E-state index is -0.401. The van der Waals surface area contributed by atoms with Crippen molar-refractivity contribution in [1.82, 2.24) is 5.32 Å². The van der Waals surface area contributed by atoms with E-state index >= 15 is 0 Å². The molecule has 1 aliphatic carbocycles. The van der Waals surface area contributed by atoms with E-state index in [-0.39, 0.29) is 6.10 Å². The van der Waals surface area contributed by atoms with E-state index in [9.17, 15) is 5.26 Å². The standard InChI is InChI=1S/C18H26N2O/c1-3-11-20-18(14-19)10-6-9-17(13-18)21-16-8-5-7-15(4-2)12-16/h5,7-8,12,17,20H,3-4,6,9-11,13H2,1-2H3. The lowest BCUT2D eigenvalue weighted by atomic mass is 9.81. The Morgan fingerprint density at radius 3 is 3.00 bits per heavy atom. The number of benzene rings is 1. The number of hydrogen-bond acceptors (Lipinski definition) is 3. The van der Waals surface area contributed by atoms with Crippen LogP contribution in [0.15, 0.2) is 24.3 Å². The molecule has 1 fully saturated rings. The van der Waals surface area contributed by atoms with Gasteiger partial charge in [-0.3, -0.25) is 5.32 Å². The largest absolute Gasteiger partial charge is 0.490 e. The Morgan fingerprint density at radius 2 is 2.29 bits per heavy atom. The number of ether oxygens (including phenoxy) is 1. The summed E-state index contributed by atoms with van der Waals surface area (Å²) in [6, 6.07) is 10.8.